The molecule has 0 radical (unpaired) electrons. The zero-order chi connectivity index (χ0) is 26.5. The Bertz CT molecular complexity index is 1780. The number of rotatable bonds is 6. The van der Waals surface area contributed by atoms with Crippen LogP contribution in [0, 0.1) is 13.8 Å². The van der Waals surface area contributed by atoms with E-state index in [-0.39, 0.29) is 9.79 Å². The minimum Gasteiger partial charge on any atom is -0.456 e. The highest BCUT2D eigenvalue weighted by atomic mass is 35.5. The Kier molecular flexibility index (Phi) is 6.35. The van der Waals surface area contributed by atoms with Gasteiger partial charge in [0.2, 0.25) is 0 Å². The summed E-state index contributed by atoms with van der Waals surface area (Å²) in [5.41, 5.74) is 2.98. The van der Waals surface area contributed by atoms with Crippen molar-refractivity contribution in [3.63, 3.8) is 0 Å². The van der Waals surface area contributed by atoms with Crippen LogP contribution in [-0.4, -0.2) is 16.8 Å². The van der Waals surface area contributed by atoms with Gasteiger partial charge in [-0.15, -0.1) is 0 Å². The molecular weight excluding hydrogens is 555 g/mol. The number of nitrogens with one attached hydrogen (secondary N) is 2. The third kappa shape index (κ3) is 5.00. The van der Waals surface area contributed by atoms with Crippen LogP contribution in [0.2, 0.25) is 10.0 Å². The van der Waals surface area contributed by atoms with E-state index in [1.807, 2.05) is 0 Å². The van der Waals surface area contributed by atoms with Crippen LogP contribution in [-0.2, 0) is 20.0 Å². The largest absolute Gasteiger partial charge is 0.456 e. The molecule has 0 saturated heterocycles. The molecule has 0 aliphatic rings. The minimum absolute atomic E-state index is 0.0111. The van der Waals surface area contributed by atoms with Gasteiger partial charge in [-0.25, -0.2) is 16.8 Å². The van der Waals surface area contributed by atoms with Crippen LogP contribution in [0.25, 0.3) is 21.9 Å². The van der Waals surface area contributed by atoms with Crippen molar-refractivity contribution in [1.29, 1.82) is 0 Å². The molecule has 1 heterocycles. The van der Waals surface area contributed by atoms with Gasteiger partial charge in [0.05, 0.1) is 21.2 Å². The van der Waals surface area contributed by atoms with E-state index in [0.717, 1.165) is 0 Å². The van der Waals surface area contributed by atoms with Gasteiger partial charge in [0.15, 0.2) is 0 Å². The summed E-state index contributed by atoms with van der Waals surface area (Å²) in [4.78, 5) is -0.0222. The lowest BCUT2D eigenvalue weighted by atomic mass is 10.1. The highest BCUT2D eigenvalue weighted by molar-refractivity contribution is 7.93. The van der Waals surface area contributed by atoms with Gasteiger partial charge in [-0.1, -0.05) is 35.3 Å². The van der Waals surface area contributed by atoms with Gasteiger partial charge in [0, 0.05) is 20.8 Å². The zero-order valence-corrected chi connectivity index (χ0v) is 22.7. The molecule has 1 aromatic heterocycles. The minimum atomic E-state index is -3.97. The summed E-state index contributed by atoms with van der Waals surface area (Å²) in [7, 11) is -7.94. The Hall–Kier alpha value is -3.24. The first-order chi connectivity index (χ1) is 17.4. The third-order valence-corrected chi connectivity index (χ3v) is 9.12. The van der Waals surface area contributed by atoms with Crippen molar-refractivity contribution in [3.05, 3.63) is 94.0 Å². The number of benzene rings is 4. The van der Waals surface area contributed by atoms with Crippen molar-refractivity contribution in [2.45, 2.75) is 23.6 Å². The molecule has 0 amide bonds. The van der Waals surface area contributed by atoms with Crippen LogP contribution in [0.1, 0.15) is 11.1 Å². The van der Waals surface area contributed by atoms with Crippen LogP contribution in [0.5, 0.6) is 0 Å². The number of halogens is 2. The van der Waals surface area contributed by atoms with Crippen LogP contribution in [0.15, 0.2) is 87.0 Å². The number of anilines is 2. The van der Waals surface area contributed by atoms with Crippen LogP contribution >= 0.6 is 23.2 Å². The fraction of sp³-hybridized carbons (Fsp3) is 0.0769. The zero-order valence-electron chi connectivity index (χ0n) is 19.5. The normalized spacial score (nSPS) is 12.2. The topological polar surface area (TPSA) is 105 Å². The number of furan rings is 1. The second-order valence-electron chi connectivity index (χ2n) is 8.55. The Morgan fingerprint density at radius 2 is 1.00 bits per heavy atom. The Labute approximate surface area is 224 Å². The van der Waals surface area contributed by atoms with Crippen molar-refractivity contribution < 1.29 is 21.3 Å². The smallest absolute Gasteiger partial charge is 0.261 e. The van der Waals surface area contributed by atoms with Crippen molar-refractivity contribution in [2.24, 2.45) is 0 Å². The number of hydrogen-bond acceptors (Lipinski definition) is 5. The molecule has 0 unspecified atom stereocenters. The number of sulfonamides is 2. The van der Waals surface area contributed by atoms with E-state index >= 15 is 0 Å². The molecule has 0 aliphatic heterocycles. The van der Waals surface area contributed by atoms with Crippen molar-refractivity contribution >= 4 is 76.6 Å². The molecule has 37 heavy (non-hydrogen) atoms. The summed E-state index contributed by atoms with van der Waals surface area (Å²) in [6.07, 6.45) is 0. The molecule has 0 fully saturated rings. The predicted molar refractivity (Wildman–Crippen MR) is 148 cm³/mol. The van der Waals surface area contributed by atoms with Gasteiger partial charge >= 0.3 is 0 Å². The number of hydrogen-bond donors (Lipinski definition) is 2. The SMILES string of the molecule is Cc1ccc(Cl)cc1NS(=O)(=O)c1ccc2oc3ccc(S(=O)(=O)Nc4cc(Cl)ccc4C)cc3c2c1. The maximum absolute atomic E-state index is 13.2. The van der Waals surface area contributed by atoms with Gasteiger partial charge in [0.25, 0.3) is 20.0 Å². The molecule has 0 aliphatic carbocycles. The summed E-state index contributed by atoms with van der Waals surface area (Å²) in [6.45, 7) is 3.53. The molecule has 190 valence electrons. The van der Waals surface area contributed by atoms with Crippen LogP contribution < -0.4 is 9.44 Å². The first-order valence-electron chi connectivity index (χ1n) is 11.0. The van der Waals surface area contributed by atoms with Crippen LogP contribution in [0.4, 0.5) is 11.4 Å². The molecule has 0 bridgehead atoms. The number of aryl methyl sites for hydroxylation is 2. The molecule has 2 N–H and O–H groups in total. The van der Waals surface area contributed by atoms with Crippen molar-refractivity contribution in [3.8, 4) is 0 Å². The van der Waals surface area contributed by atoms with E-state index in [0.29, 0.717) is 54.5 Å². The lowest BCUT2D eigenvalue weighted by Crippen LogP contribution is -2.14. The fourth-order valence-electron chi connectivity index (χ4n) is 3.89. The first kappa shape index (κ1) is 25.4. The molecule has 4 aromatic carbocycles. The molecular formula is C26H20Cl2N2O5S2. The second-order valence-corrected chi connectivity index (χ2v) is 12.8. The average molecular weight is 575 g/mol. The molecule has 11 heteroatoms. The summed E-state index contributed by atoms with van der Waals surface area (Å²) >= 11 is 12.1. The molecule has 0 atom stereocenters. The van der Waals surface area contributed by atoms with E-state index in [9.17, 15) is 16.8 Å². The standard InChI is InChI=1S/C26H20Cl2N2O5S2/c1-15-3-5-17(27)11-23(15)29-36(31,32)19-7-9-25-21(13-19)22-14-20(8-10-26(22)35-25)37(33,34)30-24-12-18(28)6-4-16(24)2/h3-14,29-30H,1-2H3. The third-order valence-electron chi connectivity index (χ3n) is 5.92. The molecule has 5 aromatic rings. The molecule has 7 nitrogen and oxygen atoms in total. The van der Waals surface area contributed by atoms with E-state index in [1.165, 1.54) is 48.5 Å². The van der Waals surface area contributed by atoms with Crippen molar-refractivity contribution in [1.82, 2.24) is 0 Å². The van der Waals surface area contributed by atoms with Crippen LogP contribution in [0.3, 0.4) is 0 Å². The first-order valence-corrected chi connectivity index (χ1v) is 14.7. The summed E-state index contributed by atoms with van der Waals surface area (Å²) < 4.78 is 63.6. The Balaban J connectivity index is 1.56. The van der Waals surface area contributed by atoms with Gasteiger partial charge < -0.3 is 4.42 Å². The van der Waals surface area contributed by atoms with E-state index < -0.39 is 20.0 Å². The van der Waals surface area contributed by atoms with Gasteiger partial charge in [0.1, 0.15) is 11.2 Å². The highest BCUT2D eigenvalue weighted by Crippen LogP contribution is 2.34. The van der Waals surface area contributed by atoms with Gasteiger partial charge in [-0.3, -0.25) is 9.44 Å². The summed E-state index contributed by atoms with van der Waals surface area (Å²) in [5.74, 6) is 0. The van der Waals surface area contributed by atoms with Gasteiger partial charge in [-0.05, 0) is 85.6 Å². The Morgan fingerprint density at radius 1 is 0.595 bits per heavy atom. The lowest BCUT2D eigenvalue weighted by Gasteiger charge is -2.11. The summed E-state index contributed by atoms with van der Waals surface area (Å²) in [5, 5.41) is 1.71. The van der Waals surface area contributed by atoms with E-state index in [4.69, 9.17) is 27.6 Å². The lowest BCUT2D eigenvalue weighted by molar-refractivity contribution is 0.599. The van der Waals surface area contributed by atoms with E-state index in [1.54, 1.807) is 38.1 Å². The monoisotopic (exact) mass is 574 g/mol. The average Bonchev–Trinajstić information content (AvgIpc) is 3.21. The molecule has 5 rings (SSSR count). The van der Waals surface area contributed by atoms with Crippen molar-refractivity contribution in [2.75, 3.05) is 9.44 Å². The molecule has 0 spiro atoms. The number of fused-ring (bicyclic) bond motifs is 3. The molecule has 0 saturated carbocycles. The fourth-order valence-corrected chi connectivity index (χ4v) is 6.52. The Morgan fingerprint density at radius 3 is 1.41 bits per heavy atom. The maximum Gasteiger partial charge on any atom is 0.261 e. The maximum atomic E-state index is 13.2. The quantitative estimate of drug-likeness (QED) is 0.225. The summed E-state index contributed by atoms with van der Waals surface area (Å²) in [6, 6.07) is 18.7. The van der Waals surface area contributed by atoms with E-state index in [2.05, 4.69) is 9.44 Å². The highest BCUT2D eigenvalue weighted by Gasteiger charge is 2.21. The predicted octanol–water partition coefficient (Wildman–Crippen LogP) is 7.11. The van der Waals surface area contributed by atoms with Gasteiger partial charge in [-0.2, -0.15) is 0 Å². The second kappa shape index (κ2) is 9.25.